The number of hydrogen-bond donors (Lipinski definition) is 1. The average Bonchev–Trinajstić information content (AvgIpc) is 2.29. The van der Waals surface area contributed by atoms with E-state index < -0.39 is 0 Å². The van der Waals surface area contributed by atoms with E-state index in [9.17, 15) is 0 Å². The van der Waals surface area contributed by atoms with Crippen LogP contribution in [0.15, 0.2) is 0 Å². The number of ether oxygens (including phenoxy) is 2. The van der Waals surface area contributed by atoms with Crippen molar-refractivity contribution >= 4 is 0 Å². The standard InChI is InChI=1S/C12H24N2O2/c1-15-11-3-8-16-12(9-11)4-2-6-14(10-12)7-5-13/h11H,2-10,13H2,1H3/t11-,12-/m0/s1. The zero-order valence-corrected chi connectivity index (χ0v) is 10.3. The molecule has 2 rings (SSSR count). The van der Waals surface area contributed by atoms with Gasteiger partial charge in [0.15, 0.2) is 0 Å². The van der Waals surface area contributed by atoms with Crippen LogP contribution in [0.1, 0.15) is 25.7 Å². The summed E-state index contributed by atoms with van der Waals surface area (Å²) >= 11 is 0. The minimum absolute atomic E-state index is 0.0480. The monoisotopic (exact) mass is 228 g/mol. The van der Waals surface area contributed by atoms with E-state index in [1.807, 2.05) is 7.11 Å². The topological polar surface area (TPSA) is 47.7 Å². The largest absolute Gasteiger partial charge is 0.381 e. The van der Waals surface area contributed by atoms with Gasteiger partial charge in [0, 0.05) is 39.8 Å². The van der Waals surface area contributed by atoms with E-state index in [-0.39, 0.29) is 5.60 Å². The molecule has 0 unspecified atom stereocenters. The van der Waals surface area contributed by atoms with Crippen molar-refractivity contribution in [3.05, 3.63) is 0 Å². The lowest BCUT2D eigenvalue weighted by Gasteiger charge is -2.46. The fourth-order valence-corrected chi connectivity index (χ4v) is 3.03. The summed E-state index contributed by atoms with van der Waals surface area (Å²) in [5.74, 6) is 0. The molecule has 0 aliphatic carbocycles. The Kier molecular flexibility index (Phi) is 4.19. The van der Waals surface area contributed by atoms with E-state index in [0.29, 0.717) is 6.10 Å². The Morgan fingerprint density at radius 1 is 1.56 bits per heavy atom. The first-order valence-corrected chi connectivity index (χ1v) is 6.37. The molecule has 2 N–H and O–H groups in total. The predicted octanol–water partition coefficient (Wildman–Crippen LogP) is 0.605. The maximum absolute atomic E-state index is 6.05. The molecule has 0 aromatic carbocycles. The third kappa shape index (κ3) is 2.74. The zero-order valence-electron chi connectivity index (χ0n) is 10.3. The highest BCUT2D eigenvalue weighted by Crippen LogP contribution is 2.34. The fraction of sp³-hybridized carbons (Fsp3) is 1.00. The molecule has 2 fully saturated rings. The van der Waals surface area contributed by atoms with Crippen LogP contribution in [0.2, 0.25) is 0 Å². The predicted molar refractivity (Wildman–Crippen MR) is 63.4 cm³/mol. The third-order valence-corrected chi connectivity index (χ3v) is 3.84. The van der Waals surface area contributed by atoms with Gasteiger partial charge in [-0.3, -0.25) is 4.90 Å². The molecule has 1 spiro atoms. The first-order chi connectivity index (χ1) is 7.78. The molecule has 2 aliphatic rings. The summed E-state index contributed by atoms with van der Waals surface area (Å²) in [5, 5.41) is 0. The van der Waals surface area contributed by atoms with Gasteiger partial charge in [0.2, 0.25) is 0 Å². The van der Waals surface area contributed by atoms with Gasteiger partial charge >= 0.3 is 0 Å². The van der Waals surface area contributed by atoms with Gasteiger partial charge in [-0.1, -0.05) is 0 Å². The van der Waals surface area contributed by atoms with Crippen LogP contribution in [0.25, 0.3) is 0 Å². The van der Waals surface area contributed by atoms with Crippen LogP contribution in [-0.2, 0) is 9.47 Å². The van der Waals surface area contributed by atoms with Gasteiger partial charge in [0.25, 0.3) is 0 Å². The van der Waals surface area contributed by atoms with Gasteiger partial charge in [-0.25, -0.2) is 0 Å². The molecule has 0 saturated carbocycles. The van der Waals surface area contributed by atoms with Crippen molar-refractivity contribution in [2.24, 2.45) is 5.73 Å². The number of nitrogens with zero attached hydrogens (tertiary/aromatic N) is 1. The van der Waals surface area contributed by atoms with E-state index >= 15 is 0 Å². The fourth-order valence-electron chi connectivity index (χ4n) is 3.03. The van der Waals surface area contributed by atoms with Gasteiger partial charge in [-0.2, -0.15) is 0 Å². The minimum atomic E-state index is 0.0480. The molecule has 4 heteroatoms. The molecule has 2 saturated heterocycles. The van der Waals surface area contributed by atoms with Crippen molar-refractivity contribution in [2.75, 3.05) is 39.9 Å². The second-order valence-corrected chi connectivity index (χ2v) is 5.05. The number of methoxy groups -OCH3 is 1. The Labute approximate surface area is 98.1 Å². The normalized spacial score (nSPS) is 36.8. The van der Waals surface area contributed by atoms with Gasteiger partial charge in [-0.15, -0.1) is 0 Å². The van der Waals surface area contributed by atoms with E-state index in [2.05, 4.69) is 4.90 Å². The zero-order chi connectivity index (χ0) is 11.4. The number of piperidine rings is 1. The summed E-state index contributed by atoms with van der Waals surface area (Å²) in [4.78, 5) is 2.43. The van der Waals surface area contributed by atoms with Gasteiger partial charge in [0.1, 0.15) is 0 Å². The van der Waals surface area contributed by atoms with Crippen LogP contribution >= 0.6 is 0 Å². The molecule has 0 aromatic rings. The van der Waals surface area contributed by atoms with E-state index in [4.69, 9.17) is 15.2 Å². The smallest absolute Gasteiger partial charge is 0.0833 e. The summed E-state index contributed by atoms with van der Waals surface area (Å²) in [6.45, 7) is 4.77. The molecule has 0 bridgehead atoms. The van der Waals surface area contributed by atoms with E-state index in [1.54, 1.807) is 0 Å². The summed E-state index contributed by atoms with van der Waals surface area (Å²) in [6.07, 6.45) is 4.86. The summed E-state index contributed by atoms with van der Waals surface area (Å²) in [5.41, 5.74) is 5.67. The Morgan fingerprint density at radius 3 is 3.19 bits per heavy atom. The summed E-state index contributed by atoms with van der Waals surface area (Å²) in [6, 6.07) is 0. The van der Waals surface area contributed by atoms with Gasteiger partial charge < -0.3 is 15.2 Å². The van der Waals surface area contributed by atoms with Crippen molar-refractivity contribution < 1.29 is 9.47 Å². The van der Waals surface area contributed by atoms with Crippen LogP contribution < -0.4 is 5.73 Å². The lowest BCUT2D eigenvalue weighted by molar-refractivity contribution is -0.152. The number of rotatable bonds is 3. The van der Waals surface area contributed by atoms with Crippen molar-refractivity contribution in [3.8, 4) is 0 Å². The maximum atomic E-state index is 6.05. The van der Waals surface area contributed by atoms with Crippen molar-refractivity contribution in [1.29, 1.82) is 0 Å². The number of nitrogens with two attached hydrogens (primary N) is 1. The molecule has 0 amide bonds. The second kappa shape index (κ2) is 5.45. The molecule has 4 nitrogen and oxygen atoms in total. The third-order valence-electron chi connectivity index (χ3n) is 3.84. The first kappa shape index (κ1) is 12.3. The summed E-state index contributed by atoms with van der Waals surface area (Å²) in [7, 11) is 1.81. The Morgan fingerprint density at radius 2 is 2.44 bits per heavy atom. The van der Waals surface area contributed by atoms with E-state index in [1.165, 1.54) is 19.4 Å². The SMILES string of the molecule is CO[C@H]1CCO[C@@]2(CCCN(CCN)C2)C1. The Hall–Kier alpha value is -0.160. The molecule has 2 aliphatic heterocycles. The molecule has 2 heterocycles. The van der Waals surface area contributed by atoms with Crippen LogP contribution in [0.5, 0.6) is 0 Å². The van der Waals surface area contributed by atoms with Crippen molar-refractivity contribution in [2.45, 2.75) is 37.4 Å². The summed E-state index contributed by atoms with van der Waals surface area (Å²) < 4.78 is 11.5. The molecule has 94 valence electrons. The second-order valence-electron chi connectivity index (χ2n) is 5.05. The molecule has 16 heavy (non-hydrogen) atoms. The molecular weight excluding hydrogens is 204 g/mol. The molecule has 0 aromatic heterocycles. The highest BCUT2D eigenvalue weighted by atomic mass is 16.5. The maximum Gasteiger partial charge on any atom is 0.0833 e. The first-order valence-electron chi connectivity index (χ1n) is 6.37. The molecule has 0 radical (unpaired) electrons. The highest BCUT2D eigenvalue weighted by molar-refractivity contribution is 4.93. The average molecular weight is 228 g/mol. The van der Waals surface area contributed by atoms with Gasteiger partial charge in [0.05, 0.1) is 11.7 Å². The highest BCUT2D eigenvalue weighted by Gasteiger charge is 2.40. The minimum Gasteiger partial charge on any atom is -0.381 e. The van der Waals surface area contributed by atoms with E-state index in [0.717, 1.165) is 39.1 Å². The quantitative estimate of drug-likeness (QED) is 0.768. The Balaban J connectivity index is 1.94. The van der Waals surface area contributed by atoms with Gasteiger partial charge in [-0.05, 0) is 25.8 Å². The lowest BCUT2D eigenvalue weighted by atomic mass is 9.84. The van der Waals surface area contributed by atoms with Crippen LogP contribution in [0.4, 0.5) is 0 Å². The van der Waals surface area contributed by atoms with Crippen molar-refractivity contribution in [1.82, 2.24) is 4.90 Å². The number of hydrogen-bond acceptors (Lipinski definition) is 4. The molecule has 2 atom stereocenters. The Bertz CT molecular complexity index is 219. The van der Waals surface area contributed by atoms with Crippen LogP contribution in [0, 0.1) is 0 Å². The van der Waals surface area contributed by atoms with Crippen LogP contribution in [-0.4, -0.2) is 56.5 Å². The van der Waals surface area contributed by atoms with Crippen LogP contribution in [0.3, 0.4) is 0 Å². The van der Waals surface area contributed by atoms with Crippen molar-refractivity contribution in [3.63, 3.8) is 0 Å². The lowest BCUT2D eigenvalue weighted by Crippen LogP contribution is -2.54. The number of likely N-dealkylation sites (tertiary alicyclic amines) is 1. The molecular formula is C12H24N2O2.